The zero-order valence-corrected chi connectivity index (χ0v) is 11.7. The molecule has 0 fully saturated rings. The zero-order valence-electron chi connectivity index (χ0n) is 11.7. The Labute approximate surface area is 109 Å². The Morgan fingerprint density at radius 3 is 2.78 bits per heavy atom. The molecule has 0 saturated carbocycles. The van der Waals surface area contributed by atoms with Crippen molar-refractivity contribution in [1.82, 2.24) is 15.3 Å². The normalized spacial score (nSPS) is 13.4. The smallest absolute Gasteiger partial charge is 0.104 e. The van der Waals surface area contributed by atoms with Gasteiger partial charge in [0.05, 0.1) is 11.0 Å². The molecule has 1 heterocycles. The molecule has 2 N–H and O–H groups in total. The van der Waals surface area contributed by atoms with Gasteiger partial charge in [-0.25, -0.2) is 4.98 Å². The van der Waals surface area contributed by atoms with Crippen LogP contribution in [-0.4, -0.2) is 23.6 Å². The number of aromatic nitrogens is 2. The molecule has 1 atom stereocenters. The summed E-state index contributed by atoms with van der Waals surface area (Å²) >= 11 is 0. The van der Waals surface area contributed by atoms with E-state index in [1.54, 1.807) is 0 Å². The Kier molecular flexibility index (Phi) is 4.02. The molecular weight excluding hydrogens is 222 g/mol. The fourth-order valence-electron chi connectivity index (χ4n) is 2.42. The molecule has 0 radical (unpaired) electrons. The Bertz CT molecular complexity index is 513. The van der Waals surface area contributed by atoms with Crippen LogP contribution in [0.3, 0.4) is 0 Å². The molecule has 3 heteroatoms. The second-order valence-electron chi connectivity index (χ2n) is 5.44. The van der Waals surface area contributed by atoms with E-state index in [1.807, 2.05) is 14.0 Å². The molecule has 0 aliphatic heterocycles. The summed E-state index contributed by atoms with van der Waals surface area (Å²) in [6.45, 7) is 7.65. The van der Waals surface area contributed by atoms with Crippen LogP contribution in [0.5, 0.6) is 0 Å². The van der Waals surface area contributed by atoms with E-state index in [9.17, 15) is 0 Å². The highest BCUT2D eigenvalue weighted by Gasteiger charge is 2.13. The van der Waals surface area contributed by atoms with Crippen LogP contribution >= 0.6 is 0 Å². The van der Waals surface area contributed by atoms with Crippen LogP contribution in [0.1, 0.15) is 25.2 Å². The van der Waals surface area contributed by atoms with Gasteiger partial charge in [-0.3, -0.25) is 0 Å². The number of aryl methyl sites for hydroxylation is 1. The summed E-state index contributed by atoms with van der Waals surface area (Å²) < 4.78 is 0. The average Bonchev–Trinajstić information content (AvgIpc) is 2.67. The highest BCUT2D eigenvalue weighted by atomic mass is 14.9. The Morgan fingerprint density at radius 1 is 1.33 bits per heavy atom. The average molecular weight is 245 g/mol. The SMILES string of the molecule is CNCC(Cc1ccc2nc(C)[nH]c2c1)C(C)C. The third-order valence-corrected chi connectivity index (χ3v) is 3.57. The topological polar surface area (TPSA) is 40.7 Å². The van der Waals surface area contributed by atoms with Crippen molar-refractivity contribution < 1.29 is 0 Å². The quantitative estimate of drug-likeness (QED) is 0.850. The van der Waals surface area contributed by atoms with E-state index in [-0.39, 0.29) is 0 Å². The number of hydrogen-bond acceptors (Lipinski definition) is 2. The third kappa shape index (κ3) is 2.91. The van der Waals surface area contributed by atoms with E-state index in [1.165, 1.54) is 5.56 Å². The minimum Gasteiger partial charge on any atom is -0.342 e. The molecule has 0 saturated heterocycles. The maximum Gasteiger partial charge on any atom is 0.104 e. The number of H-pyrrole nitrogens is 1. The van der Waals surface area contributed by atoms with E-state index in [2.05, 4.69) is 47.3 Å². The van der Waals surface area contributed by atoms with Crippen molar-refractivity contribution in [1.29, 1.82) is 0 Å². The first-order valence-electron chi connectivity index (χ1n) is 6.70. The number of aromatic amines is 1. The highest BCUT2D eigenvalue weighted by molar-refractivity contribution is 5.75. The number of imidazole rings is 1. The summed E-state index contributed by atoms with van der Waals surface area (Å²) in [4.78, 5) is 7.74. The summed E-state index contributed by atoms with van der Waals surface area (Å²) in [5, 5.41) is 3.29. The molecule has 98 valence electrons. The molecule has 0 spiro atoms. The number of fused-ring (bicyclic) bond motifs is 1. The number of rotatable bonds is 5. The third-order valence-electron chi connectivity index (χ3n) is 3.57. The number of nitrogens with zero attached hydrogens (tertiary/aromatic N) is 1. The van der Waals surface area contributed by atoms with Gasteiger partial charge in [0.1, 0.15) is 5.82 Å². The molecule has 3 nitrogen and oxygen atoms in total. The van der Waals surface area contributed by atoms with Crippen LogP contribution in [0.4, 0.5) is 0 Å². The van der Waals surface area contributed by atoms with Crippen molar-refractivity contribution in [2.24, 2.45) is 11.8 Å². The maximum atomic E-state index is 4.44. The van der Waals surface area contributed by atoms with Gasteiger partial charge in [-0.15, -0.1) is 0 Å². The van der Waals surface area contributed by atoms with Gasteiger partial charge in [-0.1, -0.05) is 19.9 Å². The molecule has 1 aromatic carbocycles. The molecular formula is C15H23N3. The fourth-order valence-corrected chi connectivity index (χ4v) is 2.42. The van der Waals surface area contributed by atoms with Gasteiger partial charge in [0.25, 0.3) is 0 Å². The van der Waals surface area contributed by atoms with Crippen molar-refractivity contribution in [2.75, 3.05) is 13.6 Å². The first-order chi connectivity index (χ1) is 8.60. The van der Waals surface area contributed by atoms with Crippen LogP contribution in [0.15, 0.2) is 18.2 Å². The Hall–Kier alpha value is -1.35. The van der Waals surface area contributed by atoms with Crippen molar-refractivity contribution in [3.05, 3.63) is 29.6 Å². The molecule has 1 unspecified atom stereocenters. The van der Waals surface area contributed by atoms with Gasteiger partial charge < -0.3 is 10.3 Å². The van der Waals surface area contributed by atoms with E-state index >= 15 is 0 Å². The van der Waals surface area contributed by atoms with Gasteiger partial charge in [-0.2, -0.15) is 0 Å². The molecule has 2 rings (SSSR count). The Balaban J connectivity index is 2.19. The van der Waals surface area contributed by atoms with Gasteiger partial charge in [-0.05, 0) is 56.5 Å². The summed E-state index contributed by atoms with van der Waals surface area (Å²) in [6, 6.07) is 6.55. The fraction of sp³-hybridized carbons (Fsp3) is 0.533. The lowest BCUT2D eigenvalue weighted by Crippen LogP contribution is -2.25. The van der Waals surface area contributed by atoms with Crippen LogP contribution in [0.2, 0.25) is 0 Å². The maximum absolute atomic E-state index is 4.44. The van der Waals surface area contributed by atoms with Crippen molar-refractivity contribution in [2.45, 2.75) is 27.2 Å². The molecule has 1 aromatic heterocycles. The van der Waals surface area contributed by atoms with Crippen molar-refractivity contribution in [3.63, 3.8) is 0 Å². The Morgan fingerprint density at radius 2 is 2.11 bits per heavy atom. The second kappa shape index (κ2) is 5.53. The predicted molar refractivity (Wildman–Crippen MR) is 76.8 cm³/mol. The molecule has 0 aliphatic carbocycles. The zero-order chi connectivity index (χ0) is 13.1. The molecule has 18 heavy (non-hydrogen) atoms. The first kappa shape index (κ1) is 13.1. The van der Waals surface area contributed by atoms with Gasteiger partial charge in [0.2, 0.25) is 0 Å². The van der Waals surface area contributed by atoms with E-state index in [0.717, 1.165) is 29.8 Å². The number of nitrogens with one attached hydrogen (secondary N) is 2. The summed E-state index contributed by atoms with van der Waals surface area (Å²) in [7, 11) is 2.02. The monoisotopic (exact) mass is 245 g/mol. The van der Waals surface area contributed by atoms with Crippen LogP contribution in [0.25, 0.3) is 11.0 Å². The second-order valence-corrected chi connectivity index (χ2v) is 5.44. The predicted octanol–water partition coefficient (Wildman–Crippen LogP) is 2.91. The summed E-state index contributed by atoms with van der Waals surface area (Å²) in [5.74, 6) is 2.35. The van der Waals surface area contributed by atoms with E-state index in [0.29, 0.717) is 11.8 Å². The summed E-state index contributed by atoms with van der Waals surface area (Å²) in [6.07, 6.45) is 1.12. The van der Waals surface area contributed by atoms with Crippen molar-refractivity contribution >= 4 is 11.0 Å². The van der Waals surface area contributed by atoms with Gasteiger partial charge in [0, 0.05) is 0 Å². The largest absolute Gasteiger partial charge is 0.342 e. The molecule has 0 amide bonds. The van der Waals surface area contributed by atoms with Gasteiger partial charge >= 0.3 is 0 Å². The minimum atomic E-state index is 0.677. The molecule has 2 aromatic rings. The van der Waals surface area contributed by atoms with Crippen LogP contribution in [0, 0.1) is 18.8 Å². The van der Waals surface area contributed by atoms with E-state index < -0.39 is 0 Å². The molecule has 0 aliphatic rings. The number of hydrogen-bond donors (Lipinski definition) is 2. The van der Waals surface area contributed by atoms with Crippen molar-refractivity contribution in [3.8, 4) is 0 Å². The summed E-state index contributed by atoms with van der Waals surface area (Å²) in [5.41, 5.74) is 3.60. The highest BCUT2D eigenvalue weighted by Crippen LogP contribution is 2.20. The molecule has 0 bridgehead atoms. The number of benzene rings is 1. The lowest BCUT2D eigenvalue weighted by molar-refractivity contribution is 0.370. The van der Waals surface area contributed by atoms with E-state index in [4.69, 9.17) is 0 Å². The van der Waals surface area contributed by atoms with Crippen LogP contribution < -0.4 is 5.32 Å². The van der Waals surface area contributed by atoms with Gasteiger partial charge in [0.15, 0.2) is 0 Å². The lowest BCUT2D eigenvalue weighted by atomic mass is 9.89. The lowest BCUT2D eigenvalue weighted by Gasteiger charge is -2.20. The standard InChI is InChI=1S/C15H23N3/c1-10(2)13(9-16-4)7-12-5-6-14-15(8-12)18-11(3)17-14/h5-6,8,10,13,16H,7,9H2,1-4H3,(H,17,18). The van der Waals surface area contributed by atoms with Crippen LogP contribution in [-0.2, 0) is 6.42 Å². The minimum absolute atomic E-state index is 0.677. The first-order valence-corrected chi connectivity index (χ1v) is 6.70.